The minimum absolute atomic E-state index is 0.0997. The lowest BCUT2D eigenvalue weighted by molar-refractivity contribution is 0.256. The van der Waals surface area contributed by atoms with Crippen LogP contribution in [0.3, 0.4) is 0 Å². The van der Waals surface area contributed by atoms with Gasteiger partial charge in [-0.15, -0.1) is 0 Å². The van der Waals surface area contributed by atoms with Gasteiger partial charge in [-0.25, -0.2) is 4.39 Å². The third-order valence-electron chi connectivity index (χ3n) is 3.07. The Kier molecular flexibility index (Phi) is 3.42. The molecule has 1 aliphatic rings. The smallest absolute Gasteiger partial charge is 0.127 e. The van der Waals surface area contributed by atoms with Crippen molar-refractivity contribution < 1.29 is 4.39 Å². The maximum absolute atomic E-state index is 13.5. The van der Waals surface area contributed by atoms with E-state index in [4.69, 9.17) is 0 Å². The van der Waals surface area contributed by atoms with Gasteiger partial charge in [-0.05, 0) is 44.5 Å². The Labute approximate surface area is 98.4 Å². The van der Waals surface area contributed by atoms with E-state index in [0.29, 0.717) is 6.04 Å². The molecule has 1 atom stereocenters. The van der Waals surface area contributed by atoms with E-state index in [0.717, 1.165) is 23.1 Å². The summed E-state index contributed by atoms with van der Waals surface area (Å²) < 4.78 is 14.5. The number of likely N-dealkylation sites (tertiary alicyclic amines) is 1. The van der Waals surface area contributed by atoms with Gasteiger partial charge in [0.15, 0.2) is 0 Å². The minimum Gasteiger partial charge on any atom is -0.296 e. The molecule has 0 radical (unpaired) electrons. The maximum Gasteiger partial charge on any atom is 0.127 e. The summed E-state index contributed by atoms with van der Waals surface area (Å²) in [5.41, 5.74) is 0.790. The minimum atomic E-state index is -0.0997. The van der Waals surface area contributed by atoms with Crippen LogP contribution in [-0.2, 0) is 6.54 Å². The molecular weight excluding hydrogens is 257 g/mol. The second-order valence-electron chi connectivity index (χ2n) is 4.20. The van der Waals surface area contributed by atoms with E-state index >= 15 is 0 Å². The Morgan fingerprint density at radius 1 is 1.53 bits per heavy atom. The highest BCUT2D eigenvalue weighted by atomic mass is 79.9. The van der Waals surface area contributed by atoms with Crippen LogP contribution in [0, 0.1) is 5.82 Å². The number of nitrogens with zero attached hydrogens (tertiary/aromatic N) is 1. The summed E-state index contributed by atoms with van der Waals surface area (Å²) in [5.74, 6) is -0.0997. The first-order valence-corrected chi connectivity index (χ1v) is 6.14. The van der Waals surface area contributed by atoms with Gasteiger partial charge in [0.25, 0.3) is 0 Å². The predicted octanol–water partition coefficient (Wildman–Crippen LogP) is 3.57. The molecule has 0 amide bonds. The van der Waals surface area contributed by atoms with E-state index in [1.165, 1.54) is 18.9 Å². The molecule has 0 unspecified atom stereocenters. The molecule has 0 bridgehead atoms. The van der Waals surface area contributed by atoms with Crippen molar-refractivity contribution in [3.05, 3.63) is 34.1 Å². The van der Waals surface area contributed by atoms with Crippen molar-refractivity contribution in [1.29, 1.82) is 0 Å². The summed E-state index contributed by atoms with van der Waals surface area (Å²) in [6.45, 7) is 4.03. The van der Waals surface area contributed by atoms with Crippen LogP contribution in [0.15, 0.2) is 22.7 Å². The molecule has 2 rings (SSSR count). The van der Waals surface area contributed by atoms with Gasteiger partial charge in [0.05, 0.1) is 0 Å². The quantitative estimate of drug-likeness (QED) is 0.795. The predicted molar refractivity (Wildman–Crippen MR) is 63.2 cm³/mol. The van der Waals surface area contributed by atoms with Crippen molar-refractivity contribution in [1.82, 2.24) is 4.90 Å². The Hall–Kier alpha value is -0.410. The van der Waals surface area contributed by atoms with Crippen LogP contribution >= 0.6 is 15.9 Å². The Morgan fingerprint density at radius 3 is 3.00 bits per heavy atom. The molecule has 1 aromatic carbocycles. The largest absolute Gasteiger partial charge is 0.296 e. The van der Waals surface area contributed by atoms with Crippen molar-refractivity contribution in [2.45, 2.75) is 32.4 Å². The zero-order valence-corrected chi connectivity index (χ0v) is 10.4. The van der Waals surface area contributed by atoms with Gasteiger partial charge >= 0.3 is 0 Å². The van der Waals surface area contributed by atoms with Crippen molar-refractivity contribution in [2.75, 3.05) is 6.54 Å². The van der Waals surface area contributed by atoms with E-state index in [1.807, 2.05) is 6.07 Å². The summed E-state index contributed by atoms with van der Waals surface area (Å²) in [7, 11) is 0. The molecule has 1 aliphatic heterocycles. The van der Waals surface area contributed by atoms with Crippen LogP contribution in [-0.4, -0.2) is 17.5 Å². The first-order chi connectivity index (χ1) is 7.16. The zero-order valence-electron chi connectivity index (χ0n) is 8.84. The van der Waals surface area contributed by atoms with E-state index in [9.17, 15) is 4.39 Å². The average Bonchev–Trinajstić information content (AvgIpc) is 2.58. The van der Waals surface area contributed by atoms with Gasteiger partial charge in [0, 0.05) is 22.6 Å². The number of rotatable bonds is 2. The second-order valence-corrected chi connectivity index (χ2v) is 5.11. The van der Waals surface area contributed by atoms with Gasteiger partial charge in [-0.2, -0.15) is 0 Å². The summed E-state index contributed by atoms with van der Waals surface area (Å²) in [6.07, 6.45) is 2.46. The fraction of sp³-hybridized carbons (Fsp3) is 0.500. The molecule has 1 heterocycles. The van der Waals surface area contributed by atoms with Crippen molar-refractivity contribution >= 4 is 15.9 Å². The lowest BCUT2D eigenvalue weighted by Crippen LogP contribution is -2.26. The highest BCUT2D eigenvalue weighted by Crippen LogP contribution is 2.22. The summed E-state index contributed by atoms with van der Waals surface area (Å²) in [5, 5.41) is 0. The first kappa shape index (κ1) is 11.1. The molecule has 3 heteroatoms. The SMILES string of the molecule is C[C@H]1CCCN1Cc1cc(Br)ccc1F. The maximum atomic E-state index is 13.5. The molecule has 0 N–H and O–H groups in total. The lowest BCUT2D eigenvalue weighted by atomic mass is 10.2. The van der Waals surface area contributed by atoms with Crippen LogP contribution in [0.4, 0.5) is 4.39 Å². The molecule has 0 saturated carbocycles. The topological polar surface area (TPSA) is 3.24 Å². The Bertz CT molecular complexity index is 353. The Morgan fingerprint density at radius 2 is 2.33 bits per heavy atom. The molecule has 0 aliphatic carbocycles. The van der Waals surface area contributed by atoms with Crippen molar-refractivity contribution in [2.24, 2.45) is 0 Å². The van der Waals surface area contributed by atoms with Crippen LogP contribution in [0.2, 0.25) is 0 Å². The van der Waals surface area contributed by atoms with Gasteiger partial charge < -0.3 is 0 Å². The monoisotopic (exact) mass is 271 g/mol. The second kappa shape index (κ2) is 4.62. The molecule has 1 aromatic rings. The van der Waals surface area contributed by atoms with E-state index < -0.39 is 0 Å². The molecule has 15 heavy (non-hydrogen) atoms. The number of hydrogen-bond donors (Lipinski definition) is 0. The highest BCUT2D eigenvalue weighted by Gasteiger charge is 2.21. The van der Waals surface area contributed by atoms with Crippen LogP contribution in [0.25, 0.3) is 0 Å². The number of hydrogen-bond acceptors (Lipinski definition) is 1. The molecular formula is C12H15BrFN. The average molecular weight is 272 g/mol. The van der Waals surface area contributed by atoms with Gasteiger partial charge in [0.1, 0.15) is 5.82 Å². The van der Waals surface area contributed by atoms with E-state index in [1.54, 1.807) is 6.07 Å². The summed E-state index contributed by atoms with van der Waals surface area (Å²) in [6, 6.07) is 5.73. The fourth-order valence-electron chi connectivity index (χ4n) is 2.11. The molecule has 0 aromatic heterocycles. The van der Waals surface area contributed by atoms with Crippen molar-refractivity contribution in [3.63, 3.8) is 0 Å². The van der Waals surface area contributed by atoms with Crippen molar-refractivity contribution in [3.8, 4) is 0 Å². The Balaban J connectivity index is 2.12. The van der Waals surface area contributed by atoms with Gasteiger partial charge in [0.2, 0.25) is 0 Å². The van der Waals surface area contributed by atoms with Crippen LogP contribution < -0.4 is 0 Å². The van der Waals surface area contributed by atoms with Gasteiger partial charge in [-0.3, -0.25) is 4.90 Å². The molecule has 82 valence electrons. The highest BCUT2D eigenvalue weighted by molar-refractivity contribution is 9.10. The molecule has 1 nitrogen and oxygen atoms in total. The summed E-state index contributed by atoms with van der Waals surface area (Å²) in [4.78, 5) is 2.34. The number of halogens is 2. The fourth-order valence-corrected chi connectivity index (χ4v) is 2.52. The third kappa shape index (κ3) is 2.58. The number of benzene rings is 1. The molecule has 0 spiro atoms. The van der Waals surface area contributed by atoms with Crippen LogP contribution in [0.1, 0.15) is 25.3 Å². The first-order valence-electron chi connectivity index (χ1n) is 5.35. The zero-order chi connectivity index (χ0) is 10.8. The van der Waals surface area contributed by atoms with E-state index in [-0.39, 0.29) is 5.82 Å². The van der Waals surface area contributed by atoms with Gasteiger partial charge in [-0.1, -0.05) is 15.9 Å². The standard InChI is InChI=1S/C12H15BrFN/c1-9-3-2-6-15(9)8-10-7-11(13)4-5-12(10)14/h4-5,7,9H,2-3,6,8H2,1H3/t9-/m0/s1. The third-order valence-corrected chi connectivity index (χ3v) is 3.57. The lowest BCUT2D eigenvalue weighted by Gasteiger charge is -2.21. The normalized spacial score (nSPS) is 22.2. The van der Waals surface area contributed by atoms with Crippen LogP contribution in [0.5, 0.6) is 0 Å². The summed E-state index contributed by atoms with van der Waals surface area (Å²) >= 11 is 3.38. The molecule has 1 fully saturated rings. The molecule has 1 saturated heterocycles. The van der Waals surface area contributed by atoms with E-state index in [2.05, 4.69) is 27.8 Å².